The smallest absolute Gasteiger partial charge is 0.0239 e. The molecular weight excluding hydrogens is 170 g/mol. The highest BCUT2D eigenvalue weighted by atomic mass is 15.1. The summed E-state index contributed by atoms with van der Waals surface area (Å²) in [6.07, 6.45) is 7.44. The highest BCUT2D eigenvalue weighted by Gasteiger charge is 2.19. The van der Waals surface area contributed by atoms with Gasteiger partial charge in [-0.3, -0.25) is 4.90 Å². The molecule has 0 N–H and O–H groups in total. The second kappa shape index (κ2) is 5.16. The summed E-state index contributed by atoms with van der Waals surface area (Å²) in [4.78, 5) is 2.50. The molecule has 0 atom stereocenters. The van der Waals surface area contributed by atoms with E-state index in [1.165, 1.54) is 24.1 Å². The molecule has 1 rings (SSSR count). The number of allylic oxidation sites excluding steroid dienone is 3. The molecule has 1 nitrogen and oxygen atoms in total. The van der Waals surface area contributed by atoms with E-state index in [1.54, 1.807) is 0 Å². The molecule has 1 saturated heterocycles. The third-order valence-electron chi connectivity index (χ3n) is 2.85. The molecule has 0 aliphatic carbocycles. The lowest BCUT2D eigenvalue weighted by molar-refractivity contribution is 0.231. The van der Waals surface area contributed by atoms with Crippen molar-refractivity contribution >= 4 is 0 Å². The van der Waals surface area contributed by atoms with Crippen LogP contribution in [0.4, 0.5) is 0 Å². The van der Waals surface area contributed by atoms with Gasteiger partial charge in [0.15, 0.2) is 0 Å². The first-order valence-corrected chi connectivity index (χ1v) is 5.40. The van der Waals surface area contributed by atoms with E-state index in [9.17, 15) is 0 Å². The number of piperidine rings is 1. The van der Waals surface area contributed by atoms with Crippen LogP contribution in [0.1, 0.15) is 27.2 Å². The third kappa shape index (κ3) is 2.58. The van der Waals surface area contributed by atoms with Crippen LogP contribution in [-0.4, -0.2) is 24.0 Å². The average molecular weight is 191 g/mol. The van der Waals surface area contributed by atoms with Gasteiger partial charge in [0.25, 0.3) is 0 Å². The van der Waals surface area contributed by atoms with Gasteiger partial charge in [0.2, 0.25) is 0 Å². The van der Waals surface area contributed by atoms with E-state index in [0.29, 0.717) is 6.04 Å². The zero-order chi connectivity index (χ0) is 10.6. The van der Waals surface area contributed by atoms with E-state index in [2.05, 4.69) is 44.4 Å². The lowest BCUT2D eigenvalue weighted by Gasteiger charge is -2.33. The molecule has 14 heavy (non-hydrogen) atoms. The van der Waals surface area contributed by atoms with Gasteiger partial charge in [0, 0.05) is 19.1 Å². The predicted molar refractivity (Wildman–Crippen MR) is 63.4 cm³/mol. The molecule has 1 aliphatic rings. The maximum absolute atomic E-state index is 3.77. The Kier molecular flexibility index (Phi) is 4.15. The van der Waals surface area contributed by atoms with Crippen LogP contribution in [0.25, 0.3) is 0 Å². The Morgan fingerprint density at radius 2 is 2.07 bits per heavy atom. The van der Waals surface area contributed by atoms with Crippen LogP contribution < -0.4 is 0 Å². The summed E-state index contributed by atoms with van der Waals surface area (Å²) in [7, 11) is 0. The number of likely N-dealkylation sites (tertiary alicyclic amines) is 1. The van der Waals surface area contributed by atoms with Crippen LogP contribution in [0, 0.1) is 0 Å². The second-order valence-electron chi connectivity index (χ2n) is 4.06. The summed E-state index contributed by atoms with van der Waals surface area (Å²) in [5, 5.41) is 0. The highest BCUT2D eigenvalue weighted by molar-refractivity contribution is 5.36. The molecule has 0 aromatic rings. The SMILES string of the molecule is C=C/C=C1/CN(C(C)C)CC/C1=C/C. The van der Waals surface area contributed by atoms with Crippen molar-refractivity contribution in [2.75, 3.05) is 13.1 Å². The average Bonchev–Trinajstić information content (AvgIpc) is 2.18. The van der Waals surface area contributed by atoms with E-state index in [4.69, 9.17) is 0 Å². The summed E-state index contributed by atoms with van der Waals surface area (Å²) < 4.78 is 0. The monoisotopic (exact) mass is 191 g/mol. The van der Waals surface area contributed by atoms with Gasteiger partial charge in [-0.05, 0) is 38.3 Å². The summed E-state index contributed by atoms with van der Waals surface area (Å²) in [5.74, 6) is 0. The van der Waals surface area contributed by atoms with Crippen molar-refractivity contribution in [3.8, 4) is 0 Å². The fourth-order valence-corrected chi connectivity index (χ4v) is 1.90. The maximum atomic E-state index is 3.77. The van der Waals surface area contributed by atoms with Crippen LogP contribution in [0.5, 0.6) is 0 Å². The van der Waals surface area contributed by atoms with Gasteiger partial charge in [0.1, 0.15) is 0 Å². The standard InChI is InChI=1S/C13H21N/c1-5-7-13-10-14(11(3)4)9-8-12(13)6-2/h5-7,11H,1,8-10H2,2-4H3/b12-6-,13-7-. The third-order valence-corrected chi connectivity index (χ3v) is 2.85. The summed E-state index contributed by atoms with van der Waals surface area (Å²) in [6, 6.07) is 0.640. The minimum Gasteiger partial charge on any atom is -0.296 e. The van der Waals surface area contributed by atoms with Gasteiger partial charge in [-0.1, -0.05) is 24.8 Å². The Bertz CT molecular complexity index is 258. The molecule has 0 amide bonds. The van der Waals surface area contributed by atoms with Crippen LogP contribution >= 0.6 is 0 Å². The van der Waals surface area contributed by atoms with Gasteiger partial charge in [-0.25, -0.2) is 0 Å². The molecular formula is C13H21N. The van der Waals surface area contributed by atoms with Crippen LogP contribution in [-0.2, 0) is 0 Å². The van der Waals surface area contributed by atoms with Gasteiger partial charge in [-0.15, -0.1) is 0 Å². The van der Waals surface area contributed by atoms with Crippen LogP contribution in [0.3, 0.4) is 0 Å². The Morgan fingerprint density at radius 1 is 1.36 bits per heavy atom. The van der Waals surface area contributed by atoms with Crippen molar-refractivity contribution in [3.63, 3.8) is 0 Å². The molecule has 0 bridgehead atoms. The lowest BCUT2D eigenvalue weighted by atomic mass is 9.96. The Balaban J connectivity index is 2.77. The first-order chi connectivity index (χ1) is 6.69. The number of rotatable bonds is 2. The van der Waals surface area contributed by atoms with E-state index in [1.807, 2.05) is 6.08 Å². The van der Waals surface area contributed by atoms with Gasteiger partial charge >= 0.3 is 0 Å². The molecule has 1 heterocycles. The first kappa shape index (κ1) is 11.3. The highest BCUT2D eigenvalue weighted by Crippen LogP contribution is 2.23. The van der Waals surface area contributed by atoms with Crippen LogP contribution in [0.15, 0.2) is 36.0 Å². The first-order valence-electron chi connectivity index (χ1n) is 5.40. The number of hydrogen-bond acceptors (Lipinski definition) is 1. The Hall–Kier alpha value is -0.820. The molecule has 1 heteroatoms. The lowest BCUT2D eigenvalue weighted by Crippen LogP contribution is -2.37. The van der Waals surface area contributed by atoms with Gasteiger partial charge in [0.05, 0.1) is 0 Å². The van der Waals surface area contributed by atoms with Gasteiger partial charge < -0.3 is 0 Å². The van der Waals surface area contributed by atoms with Crippen molar-refractivity contribution < 1.29 is 0 Å². The van der Waals surface area contributed by atoms with E-state index in [0.717, 1.165) is 6.54 Å². The van der Waals surface area contributed by atoms with E-state index < -0.39 is 0 Å². The molecule has 0 saturated carbocycles. The molecule has 0 aromatic carbocycles. The minimum absolute atomic E-state index is 0.640. The van der Waals surface area contributed by atoms with E-state index >= 15 is 0 Å². The molecule has 78 valence electrons. The summed E-state index contributed by atoms with van der Waals surface area (Å²) in [5.41, 5.74) is 2.92. The Labute approximate surface area is 87.8 Å². The van der Waals surface area contributed by atoms with Crippen molar-refractivity contribution in [1.82, 2.24) is 4.90 Å². The molecule has 1 aliphatic heterocycles. The summed E-state index contributed by atoms with van der Waals surface area (Å²) in [6.45, 7) is 12.7. The molecule has 0 unspecified atom stereocenters. The summed E-state index contributed by atoms with van der Waals surface area (Å²) >= 11 is 0. The fourth-order valence-electron chi connectivity index (χ4n) is 1.90. The Morgan fingerprint density at radius 3 is 2.57 bits per heavy atom. The second-order valence-corrected chi connectivity index (χ2v) is 4.06. The molecule has 0 aromatic heterocycles. The van der Waals surface area contributed by atoms with E-state index in [-0.39, 0.29) is 0 Å². The normalized spacial score (nSPS) is 24.9. The van der Waals surface area contributed by atoms with Gasteiger partial charge in [-0.2, -0.15) is 0 Å². The fraction of sp³-hybridized carbons (Fsp3) is 0.538. The van der Waals surface area contributed by atoms with Crippen molar-refractivity contribution in [2.45, 2.75) is 33.2 Å². The zero-order valence-electron chi connectivity index (χ0n) is 9.59. The maximum Gasteiger partial charge on any atom is 0.0239 e. The molecule has 0 radical (unpaired) electrons. The van der Waals surface area contributed by atoms with Crippen molar-refractivity contribution in [2.24, 2.45) is 0 Å². The largest absolute Gasteiger partial charge is 0.296 e. The van der Waals surface area contributed by atoms with Crippen LogP contribution in [0.2, 0.25) is 0 Å². The number of nitrogens with zero attached hydrogens (tertiary/aromatic N) is 1. The molecule has 1 fully saturated rings. The minimum atomic E-state index is 0.640. The number of hydrogen-bond donors (Lipinski definition) is 0. The molecule has 0 spiro atoms. The quantitative estimate of drug-likeness (QED) is 0.648. The topological polar surface area (TPSA) is 3.24 Å². The van der Waals surface area contributed by atoms with Crippen molar-refractivity contribution in [3.05, 3.63) is 36.0 Å². The zero-order valence-corrected chi connectivity index (χ0v) is 9.59. The van der Waals surface area contributed by atoms with Crippen molar-refractivity contribution in [1.29, 1.82) is 0 Å². The predicted octanol–water partition coefficient (Wildman–Crippen LogP) is 3.16.